The van der Waals surface area contributed by atoms with Gasteiger partial charge in [-0.2, -0.15) is 0 Å². The number of amides is 1. The molecule has 0 radical (unpaired) electrons. The molecule has 1 aromatic rings. The van der Waals surface area contributed by atoms with Crippen molar-refractivity contribution in [3.8, 4) is 0 Å². The molecular formula is C11H19N5O2. The van der Waals surface area contributed by atoms with Crippen molar-refractivity contribution in [3.05, 3.63) is 17.8 Å². The lowest BCUT2D eigenvalue weighted by Gasteiger charge is -2.16. The van der Waals surface area contributed by atoms with Crippen LogP contribution in [-0.4, -0.2) is 49.5 Å². The van der Waals surface area contributed by atoms with Gasteiger partial charge in [-0.15, -0.1) is 10.2 Å². The first-order chi connectivity index (χ1) is 8.71. The smallest absolute Gasteiger partial charge is 0.271 e. The molecule has 0 aliphatic rings. The van der Waals surface area contributed by atoms with E-state index >= 15 is 0 Å². The van der Waals surface area contributed by atoms with Crippen molar-refractivity contribution in [2.24, 2.45) is 5.73 Å². The molecule has 0 aliphatic carbocycles. The molecule has 4 N–H and O–H groups in total. The maximum Gasteiger partial charge on any atom is 0.271 e. The highest BCUT2D eigenvalue weighted by molar-refractivity contribution is 5.91. The van der Waals surface area contributed by atoms with Crippen molar-refractivity contribution < 1.29 is 9.53 Å². The first kappa shape index (κ1) is 14.3. The molecule has 0 saturated heterocycles. The molecule has 0 saturated carbocycles. The van der Waals surface area contributed by atoms with Gasteiger partial charge in [-0.25, -0.2) is 0 Å². The lowest BCUT2D eigenvalue weighted by Crippen LogP contribution is -2.30. The quantitative estimate of drug-likeness (QED) is 0.612. The van der Waals surface area contributed by atoms with E-state index in [0.29, 0.717) is 19.0 Å². The Morgan fingerprint density at radius 3 is 2.78 bits per heavy atom. The number of methoxy groups -OCH3 is 1. The number of nitrogens with one attached hydrogen (secondary N) is 2. The third kappa shape index (κ3) is 4.27. The van der Waals surface area contributed by atoms with Crippen molar-refractivity contribution in [2.75, 3.05) is 32.6 Å². The van der Waals surface area contributed by atoms with Gasteiger partial charge >= 0.3 is 0 Å². The topological polar surface area (TPSA) is 102 Å². The number of hydrogen-bond donors (Lipinski definition) is 3. The fourth-order valence-corrected chi connectivity index (χ4v) is 1.38. The molecule has 0 spiro atoms. The second kappa shape index (κ2) is 7.57. The van der Waals surface area contributed by atoms with E-state index in [9.17, 15) is 4.79 Å². The fourth-order valence-electron chi connectivity index (χ4n) is 1.38. The molecule has 0 aliphatic heterocycles. The van der Waals surface area contributed by atoms with Crippen molar-refractivity contribution in [1.29, 1.82) is 0 Å². The van der Waals surface area contributed by atoms with Crippen molar-refractivity contribution in [2.45, 2.75) is 12.5 Å². The van der Waals surface area contributed by atoms with Crippen LogP contribution in [0.1, 0.15) is 16.9 Å². The van der Waals surface area contributed by atoms with Crippen molar-refractivity contribution in [1.82, 2.24) is 15.5 Å². The Morgan fingerprint density at radius 2 is 2.28 bits per heavy atom. The predicted molar refractivity (Wildman–Crippen MR) is 68.4 cm³/mol. The number of hydrogen-bond acceptors (Lipinski definition) is 6. The molecule has 7 heteroatoms. The summed E-state index contributed by atoms with van der Waals surface area (Å²) in [4.78, 5) is 11.3. The van der Waals surface area contributed by atoms with E-state index in [-0.39, 0.29) is 17.6 Å². The Bertz CT molecular complexity index is 368. The third-order valence-corrected chi connectivity index (χ3v) is 2.43. The first-order valence-electron chi connectivity index (χ1n) is 5.72. The summed E-state index contributed by atoms with van der Waals surface area (Å²) in [6.07, 6.45) is 0.784. The summed E-state index contributed by atoms with van der Waals surface area (Å²) in [7, 11) is 3.19. The van der Waals surface area contributed by atoms with Gasteiger partial charge in [0, 0.05) is 33.4 Å². The summed E-state index contributed by atoms with van der Waals surface area (Å²) < 4.78 is 4.99. The molecule has 100 valence electrons. The monoisotopic (exact) mass is 253 g/mol. The predicted octanol–water partition coefficient (Wildman–Crippen LogP) is -0.388. The zero-order valence-electron chi connectivity index (χ0n) is 10.6. The summed E-state index contributed by atoms with van der Waals surface area (Å²) in [5.41, 5.74) is 5.91. The molecule has 1 rings (SSSR count). The van der Waals surface area contributed by atoms with E-state index in [1.807, 2.05) is 0 Å². The minimum atomic E-state index is -0.260. The molecule has 1 heterocycles. The van der Waals surface area contributed by atoms with E-state index in [0.717, 1.165) is 6.42 Å². The SMILES string of the molecule is CNC(=O)c1ccc(NC(CN)CCOC)nn1. The van der Waals surface area contributed by atoms with Gasteiger partial charge in [-0.3, -0.25) is 4.79 Å². The van der Waals surface area contributed by atoms with Crippen LogP contribution in [0.15, 0.2) is 12.1 Å². The van der Waals surface area contributed by atoms with E-state index in [2.05, 4.69) is 20.8 Å². The number of nitrogens with two attached hydrogens (primary N) is 1. The van der Waals surface area contributed by atoms with E-state index in [4.69, 9.17) is 10.5 Å². The molecule has 1 atom stereocenters. The second-order valence-corrected chi connectivity index (χ2v) is 3.74. The maximum absolute atomic E-state index is 11.3. The summed E-state index contributed by atoms with van der Waals surface area (Å²) in [5.74, 6) is 0.331. The van der Waals surface area contributed by atoms with Gasteiger partial charge in [-0.1, -0.05) is 0 Å². The third-order valence-electron chi connectivity index (χ3n) is 2.43. The Morgan fingerprint density at radius 1 is 1.50 bits per heavy atom. The van der Waals surface area contributed by atoms with Crippen LogP contribution in [0.25, 0.3) is 0 Å². The Hall–Kier alpha value is -1.73. The highest BCUT2D eigenvalue weighted by Gasteiger charge is 2.09. The van der Waals surface area contributed by atoms with Crippen molar-refractivity contribution >= 4 is 11.7 Å². The number of carbonyl (C=O) groups is 1. The number of ether oxygens (including phenoxy) is 1. The van der Waals surface area contributed by atoms with Gasteiger partial charge in [0.15, 0.2) is 5.69 Å². The molecule has 18 heavy (non-hydrogen) atoms. The van der Waals surface area contributed by atoms with Gasteiger partial charge in [0.05, 0.1) is 0 Å². The van der Waals surface area contributed by atoms with E-state index < -0.39 is 0 Å². The largest absolute Gasteiger partial charge is 0.385 e. The summed E-state index contributed by atoms with van der Waals surface area (Å²) in [5, 5.41) is 13.4. The van der Waals surface area contributed by atoms with Gasteiger partial charge < -0.3 is 21.1 Å². The normalized spacial score (nSPS) is 11.9. The first-order valence-corrected chi connectivity index (χ1v) is 5.72. The molecule has 1 aromatic heterocycles. The van der Waals surface area contributed by atoms with Crippen LogP contribution in [0.3, 0.4) is 0 Å². The zero-order chi connectivity index (χ0) is 13.4. The minimum absolute atomic E-state index is 0.0742. The fraction of sp³-hybridized carbons (Fsp3) is 0.545. The number of carbonyl (C=O) groups excluding carboxylic acids is 1. The van der Waals surface area contributed by atoms with Crippen LogP contribution in [0.2, 0.25) is 0 Å². The molecule has 0 aromatic carbocycles. The van der Waals surface area contributed by atoms with Crippen LogP contribution in [0.5, 0.6) is 0 Å². The number of aromatic nitrogens is 2. The van der Waals surface area contributed by atoms with Gasteiger partial charge in [0.25, 0.3) is 5.91 Å². The Labute approximate surface area is 106 Å². The van der Waals surface area contributed by atoms with E-state index in [1.54, 1.807) is 26.3 Å². The Balaban J connectivity index is 2.59. The van der Waals surface area contributed by atoms with Crippen LogP contribution in [0.4, 0.5) is 5.82 Å². The molecule has 0 bridgehead atoms. The average molecular weight is 253 g/mol. The maximum atomic E-state index is 11.3. The lowest BCUT2D eigenvalue weighted by atomic mass is 10.2. The standard InChI is InChI=1S/C11H19N5O2/c1-13-11(17)9-3-4-10(16-15-9)14-8(7-12)5-6-18-2/h3-4,8H,5-7,12H2,1-2H3,(H,13,17)(H,14,16). The number of anilines is 1. The highest BCUT2D eigenvalue weighted by Crippen LogP contribution is 2.05. The second-order valence-electron chi connectivity index (χ2n) is 3.74. The van der Waals surface area contributed by atoms with E-state index in [1.165, 1.54) is 0 Å². The van der Waals surface area contributed by atoms with Crippen LogP contribution < -0.4 is 16.4 Å². The van der Waals surface area contributed by atoms with Gasteiger partial charge in [0.1, 0.15) is 5.82 Å². The molecule has 7 nitrogen and oxygen atoms in total. The van der Waals surface area contributed by atoms with Crippen LogP contribution >= 0.6 is 0 Å². The summed E-state index contributed by atoms with van der Waals surface area (Å²) >= 11 is 0. The molecular weight excluding hydrogens is 234 g/mol. The van der Waals surface area contributed by atoms with Crippen LogP contribution in [0, 0.1) is 0 Å². The number of nitrogens with zero attached hydrogens (tertiary/aromatic N) is 2. The summed E-state index contributed by atoms with van der Waals surface area (Å²) in [6.45, 7) is 1.10. The van der Waals surface area contributed by atoms with Gasteiger partial charge in [0.2, 0.25) is 0 Å². The molecule has 0 fully saturated rings. The Kier molecular flexibility index (Phi) is 6.03. The highest BCUT2D eigenvalue weighted by atomic mass is 16.5. The number of rotatable bonds is 7. The van der Waals surface area contributed by atoms with Crippen LogP contribution in [-0.2, 0) is 4.74 Å². The van der Waals surface area contributed by atoms with Gasteiger partial charge in [-0.05, 0) is 18.6 Å². The molecule has 1 unspecified atom stereocenters. The zero-order valence-corrected chi connectivity index (χ0v) is 10.6. The minimum Gasteiger partial charge on any atom is -0.385 e. The average Bonchev–Trinajstić information content (AvgIpc) is 2.43. The molecule has 1 amide bonds. The lowest BCUT2D eigenvalue weighted by molar-refractivity contribution is 0.0957. The summed E-state index contributed by atoms with van der Waals surface area (Å²) in [6, 6.07) is 3.38. The van der Waals surface area contributed by atoms with Crippen molar-refractivity contribution in [3.63, 3.8) is 0 Å².